The van der Waals surface area contributed by atoms with Gasteiger partial charge in [0.1, 0.15) is 0 Å². The molecule has 6 heteroatoms. The minimum atomic E-state index is -0.897. The van der Waals surface area contributed by atoms with E-state index in [-0.39, 0.29) is 0 Å². The summed E-state index contributed by atoms with van der Waals surface area (Å²) in [5.74, 6) is 0. The zero-order chi connectivity index (χ0) is 75.5. The molecule has 0 fully saturated rings. The molecule has 4 N–H and O–H groups in total. The van der Waals surface area contributed by atoms with Gasteiger partial charge in [-0.3, -0.25) is 0 Å². The maximum Gasteiger partial charge on any atom is 0.404 e. The summed E-state index contributed by atoms with van der Waals surface area (Å²) < 4.78 is 0. The molecule has 0 bridgehead atoms. The first kappa shape index (κ1) is 102. The van der Waals surface area contributed by atoms with Gasteiger partial charge in [-0.25, -0.2) is 9.59 Å². The highest BCUT2D eigenvalue weighted by atomic mass is 16.4. The summed E-state index contributed by atoms with van der Waals surface area (Å²) in [6, 6.07) is 21.1. The number of unbranched alkanes of at least 4 members (excludes halogenated alkanes) is 78. The average molecular weight is 1470 g/mol. The van der Waals surface area contributed by atoms with Gasteiger partial charge in [-0.2, -0.15) is 0 Å². The second kappa shape index (κ2) is 93.4. The quantitative estimate of drug-likeness (QED) is 0.0496. The number of carboxylic acid groups (broad SMARTS) is 2. The second-order valence-corrected chi connectivity index (χ2v) is 33.2. The van der Waals surface area contributed by atoms with E-state index in [0.717, 1.165) is 32.1 Å². The van der Waals surface area contributed by atoms with Gasteiger partial charge in [0, 0.05) is 13.1 Å². The minimum absolute atomic E-state index is 0.606. The minimum Gasteiger partial charge on any atom is -0.465 e. The molecule has 2 rings (SSSR count). The molecule has 2 aromatic rings. The highest BCUT2D eigenvalue weighted by molar-refractivity contribution is 5.64. The van der Waals surface area contributed by atoms with E-state index in [2.05, 4.69) is 85.1 Å². The summed E-state index contributed by atoms with van der Waals surface area (Å²) in [6.45, 7) is 5.82. The van der Waals surface area contributed by atoms with Crippen LogP contribution in [0.5, 0.6) is 0 Å². The van der Waals surface area contributed by atoms with Gasteiger partial charge < -0.3 is 20.8 Å². The first-order valence-corrected chi connectivity index (χ1v) is 48.0. The van der Waals surface area contributed by atoms with E-state index in [1.165, 1.54) is 499 Å². The van der Waals surface area contributed by atoms with Crippen molar-refractivity contribution in [2.75, 3.05) is 13.1 Å². The van der Waals surface area contributed by atoms with Gasteiger partial charge in [0.25, 0.3) is 0 Å². The van der Waals surface area contributed by atoms with Crippen molar-refractivity contribution < 1.29 is 19.8 Å². The standard InChI is InChI=1S/2C43H87NO2.C13H12/c2*1-2-3-4-5-6-7-8-9-10-11-12-13-14-15-16-17-18-19-20-21-22-23-24-25-26-27-28-29-30-31-32-33-34-35-36-37-38-39-40-41-42-44-43(45)46;1-3-7-12(8-4-1)11-13-9-5-2-6-10-13/h2*44H,2-42H2,1H3,(H,45,46);1-10H,11H2. The maximum absolute atomic E-state index is 10.4. The van der Waals surface area contributed by atoms with Crippen LogP contribution in [-0.4, -0.2) is 35.5 Å². The lowest BCUT2D eigenvalue weighted by molar-refractivity contribution is 0.193. The van der Waals surface area contributed by atoms with E-state index < -0.39 is 12.2 Å². The predicted octanol–water partition coefficient (Wildman–Crippen LogP) is 35.0. The fraction of sp³-hybridized carbons (Fsp3) is 0.859. The summed E-state index contributed by atoms with van der Waals surface area (Å²) in [7, 11) is 0. The van der Waals surface area contributed by atoms with Crippen molar-refractivity contribution >= 4 is 12.2 Å². The number of carbonyl (C=O) groups is 2. The molecule has 105 heavy (non-hydrogen) atoms. The third-order valence-corrected chi connectivity index (χ3v) is 22.7. The number of benzene rings is 2. The number of rotatable bonds is 84. The Morgan fingerprint density at radius 1 is 0.190 bits per heavy atom. The highest BCUT2D eigenvalue weighted by Crippen LogP contribution is 2.22. The molecule has 0 saturated carbocycles. The molecular formula is C99H186N2O4. The van der Waals surface area contributed by atoms with E-state index in [9.17, 15) is 9.59 Å². The molecule has 616 valence electrons. The monoisotopic (exact) mass is 1470 g/mol. The zero-order valence-corrected chi connectivity index (χ0v) is 71.2. The number of nitrogens with one attached hydrogen (secondary N) is 2. The SMILES string of the molecule is CCCCCCCCCCCCCCCCCCCCCCCCCCCCCCCCCCCCCCCCCCNC(=O)O.CCCCCCCCCCCCCCCCCCCCCCCCCCCCCCCCCCCCCCCCCCNC(=O)O.c1ccc(Cc2ccccc2)cc1. The van der Waals surface area contributed by atoms with Gasteiger partial charge in [0.2, 0.25) is 0 Å². The van der Waals surface area contributed by atoms with Crippen LogP contribution in [0.2, 0.25) is 0 Å². The third-order valence-electron chi connectivity index (χ3n) is 22.7. The van der Waals surface area contributed by atoms with Gasteiger partial charge >= 0.3 is 12.2 Å². The Morgan fingerprint density at radius 2 is 0.305 bits per heavy atom. The molecule has 0 aliphatic heterocycles. The Hall–Kier alpha value is -3.02. The van der Waals surface area contributed by atoms with Gasteiger partial charge in [-0.15, -0.1) is 0 Å². The summed E-state index contributed by atoms with van der Waals surface area (Å²) >= 11 is 0. The van der Waals surface area contributed by atoms with Gasteiger partial charge in [-0.1, -0.05) is 575 Å². The first-order valence-electron chi connectivity index (χ1n) is 48.0. The Morgan fingerprint density at radius 3 is 0.419 bits per heavy atom. The molecule has 2 aromatic carbocycles. The van der Waals surface area contributed by atoms with Crippen LogP contribution in [-0.2, 0) is 6.42 Å². The van der Waals surface area contributed by atoms with Crippen LogP contribution in [0.4, 0.5) is 9.59 Å². The molecule has 0 heterocycles. The zero-order valence-electron chi connectivity index (χ0n) is 71.2. The third kappa shape index (κ3) is 93.3. The van der Waals surface area contributed by atoms with Crippen molar-refractivity contribution in [2.45, 2.75) is 534 Å². The second-order valence-electron chi connectivity index (χ2n) is 33.2. The van der Waals surface area contributed by atoms with Gasteiger partial charge in [0.05, 0.1) is 0 Å². The van der Waals surface area contributed by atoms with Crippen molar-refractivity contribution in [3.63, 3.8) is 0 Å². The Balaban J connectivity index is 0.00000174. The van der Waals surface area contributed by atoms with Crippen LogP contribution in [0.15, 0.2) is 60.7 Å². The topological polar surface area (TPSA) is 98.7 Å². The summed E-state index contributed by atoms with van der Waals surface area (Å²) in [4.78, 5) is 20.8. The number of hydrogen-bond acceptors (Lipinski definition) is 2. The van der Waals surface area contributed by atoms with Crippen LogP contribution in [0, 0.1) is 0 Å². The fourth-order valence-corrected chi connectivity index (χ4v) is 15.6. The molecule has 0 spiro atoms. The van der Waals surface area contributed by atoms with E-state index in [4.69, 9.17) is 10.2 Å². The first-order chi connectivity index (χ1) is 52.0. The Labute approximate surface area is 657 Å². The van der Waals surface area contributed by atoms with Crippen LogP contribution in [0.25, 0.3) is 0 Å². The van der Waals surface area contributed by atoms with Crippen molar-refractivity contribution in [3.05, 3.63) is 71.8 Å². The molecule has 6 nitrogen and oxygen atoms in total. The molecule has 0 unspecified atom stereocenters. The van der Waals surface area contributed by atoms with Crippen LogP contribution in [0.1, 0.15) is 539 Å². The average Bonchev–Trinajstić information content (AvgIpc) is 0.964. The summed E-state index contributed by atoms with van der Waals surface area (Å²) in [5.41, 5.74) is 2.74. The lowest BCUT2D eigenvalue weighted by Gasteiger charge is -2.05. The highest BCUT2D eigenvalue weighted by Gasteiger charge is 2.04. The summed E-state index contributed by atoms with van der Waals surface area (Å²) in [6.07, 6.45) is 114. The molecule has 2 amide bonds. The molecule has 0 atom stereocenters. The van der Waals surface area contributed by atoms with E-state index in [1.54, 1.807) is 0 Å². The molecule has 0 saturated heterocycles. The lowest BCUT2D eigenvalue weighted by atomic mass is 10.0. The predicted molar refractivity (Wildman–Crippen MR) is 468 cm³/mol. The number of hydrogen-bond donors (Lipinski definition) is 4. The van der Waals surface area contributed by atoms with Crippen LogP contribution in [0.3, 0.4) is 0 Å². The molecular weight excluding hydrogens is 1280 g/mol. The van der Waals surface area contributed by atoms with Crippen LogP contribution < -0.4 is 10.6 Å². The van der Waals surface area contributed by atoms with Crippen molar-refractivity contribution in [1.82, 2.24) is 10.6 Å². The molecule has 0 aliphatic rings. The smallest absolute Gasteiger partial charge is 0.404 e. The largest absolute Gasteiger partial charge is 0.465 e. The molecule has 0 radical (unpaired) electrons. The van der Waals surface area contributed by atoms with Gasteiger partial charge in [-0.05, 0) is 30.4 Å². The van der Waals surface area contributed by atoms with Crippen molar-refractivity contribution in [3.8, 4) is 0 Å². The molecule has 0 aromatic heterocycles. The summed E-state index contributed by atoms with van der Waals surface area (Å²) in [5, 5.41) is 22.0. The van der Waals surface area contributed by atoms with Crippen molar-refractivity contribution in [1.29, 1.82) is 0 Å². The maximum atomic E-state index is 10.4. The van der Waals surface area contributed by atoms with E-state index in [0.29, 0.717) is 13.1 Å². The van der Waals surface area contributed by atoms with E-state index in [1.807, 2.05) is 0 Å². The lowest BCUT2D eigenvalue weighted by Crippen LogP contribution is -2.21. The van der Waals surface area contributed by atoms with E-state index >= 15 is 0 Å². The fourth-order valence-electron chi connectivity index (χ4n) is 15.6. The number of amides is 2. The Bertz CT molecular complexity index is 1740. The Kier molecular flexibility index (Phi) is 90.7. The van der Waals surface area contributed by atoms with Gasteiger partial charge in [0.15, 0.2) is 0 Å². The normalized spacial score (nSPS) is 11.2. The van der Waals surface area contributed by atoms with Crippen molar-refractivity contribution in [2.24, 2.45) is 0 Å². The van der Waals surface area contributed by atoms with Crippen LogP contribution >= 0.6 is 0 Å². The molecule has 0 aliphatic carbocycles.